The van der Waals surface area contributed by atoms with Crippen LogP contribution >= 0.6 is 15.9 Å². The van der Waals surface area contributed by atoms with Gasteiger partial charge in [0, 0.05) is 37.5 Å². The standard InChI is InChI=1S/C13H15BrFN3/c1-16-11(8-12-17-6-7-18(12)2)9-4-3-5-10(14)13(9)15/h3-7,11,16H,8H2,1-2H3. The zero-order valence-corrected chi connectivity index (χ0v) is 11.9. The average molecular weight is 312 g/mol. The fourth-order valence-corrected chi connectivity index (χ4v) is 2.31. The largest absolute Gasteiger partial charge is 0.338 e. The first-order valence-electron chi connectivity index (χ1n) is 5.71. The van der Waals surface area contributed by atoms with Crippen LogP contribution in [-0.2, 0) is 13.5 Å². The Bertz CT molecular complexity index is 539. The minimum Gasteiger partial charge on any atom is -0.338 e. The summed E-state index contributed by atoms with van der Waals surface area (Å²) < 4.78 is 16.5. The van der Waals surface area contributed by atoms with Gasteiger partial charge in [-0.25, -0.2) is 9.37 Å². The summed E-state index contributed by atoms with van der Waals surface area (Å²) in [6.07, 6.45) is 4.28. The normalized spacial score (nSPS) is 12.7. The van der Waals surface area contributed by atoms with Gasteiger partial charge in [-0.1, -0.05) is 12.1 Å². The van der Waals surface area contributed by atoms with Crippen LogP contribution in [0.15, 0.2) is 35.1 Å². The highest BCUT2D eigenvalue weighted by atomic mass is 79.9. The number of aromatic nitrogens is 2. The summed E-state index contributed by atoms with van der Waals surface area (Å²) >= 11 is 3.21. The van der Waals surface area contributed by atoms with Crippen molar-refractivity contribution in [2.24, 2.45) is 7.05 Å². The molecule has 0 aliphatic heterocycles. The van der Waals surface area contributed by atoms with Crippen LogP contribution in [0.4, 0.5) is 4.39 Å². The molecule has 1 heterocycles. The predicted molar refractivity (Wildman–Crippen MR) is 72.8 cm³/mol. The number of nitrogens with zero attached hydrogens (tertiary/aromatic N) is 2. The van der Waals surface area contributed by atoms with Gasteiger partial charge in [0.25, 0.3) is 0 Å². The van der Waals surface area contributed by atoms with Crippen molar-refractivity contribution in [1.82, 2.24) is 14.9 Å². The van der Waals surface area contributed by atoms with Crippen molar-refractivity contribution in [2.75, 3.05) is 7.05 Å². The Kier molecular flexibility index (Phi) is 4.14. The number of likely N-dealkylation sites (N-methyl/N-ethyl adjacent to an activating group) is 1. The van der Waals surface area contributed by atoms with Gasteiger partial charge in [0.1, 0.15) is 11.6 Å². The number of hydrogen-bond donors (Lipinski definition) is 1. The first-order chi connectivity index (χ1) is 8.63. The lowest BCUT2D eigenvalue weighted by Gasteiger charge is -2.17. The van der Waals surface area contributed by atoms with E-state index >= 15 is 0 Å². The van der Waals surface area contributed by atoms with Crippen molar-refractivity contribution < 1.29 is 4.39 Å². The van der Waals surface area contributed by atoms with Gasteiger partial charge >= 0.3 is 0 Å². The molecule has 1 atom stereocenters. The number of rotatable bonds is 4. The van der Waals surface area contributed by atoms with Crippen LogP contribution in [0, 0.1) is 5.82 Å². The first-order valence-corrected chi connectivity index (χ1v) is 6.50. The van der Waals surface area contributed by atoms with E-state index in [4.69, 9.17) is 0 Å². The number of imidazole rings is 1. The highest BCUT2D eigenvalue weighted by molar-refractivity contribution is 9.10. The maximum atomic E-state index is 14.1. The molecule has 1 aromatic heterocycles. The van der Waals surface area contributed by atoms with Crippen LogP contribution < -0.4 is 5.32 Å². The third-order valence-electron chi connectivity index (χ3n) is 3.01. The van der Waals surface area contributed by atoms with Gasteiger partial charge in [-0.3, -0.25) is 0 Å². The molecule has 1 N–H and O–H groups in total. The lowest BCUT2D eigenvalue weighted by molar-refractivity contribution is 0.517. The van der Waals surface area contributed by atoms with E-state index in [0.717, 1.165) is 5.82 Å². The third-order valence-corrected chi connectivity index (χ3v) is 3.63. The van der Waals surface area contributed by atoms with Crippen molar-refractivity contribution in [1.29, 1.82) is 0 Å². The quantitative estimate of drug-likeness (QED) is 0.941. The van der Waals surface area contributed by atoms with Crippen molar-refractivity contribution in [2.45, 2.75) is 12.5 Å². The van der Waals surface area contributed by atoms with Crippen LogP contribution in [0.3, 0.4) is 0 Å². The van der Waals surface area contributed by atoms with E-state index in [2.05, 4.69) is 26.2 Å². The Labute approximate surface area is 114 Å². The SMILES string of the molecule is CNC(Cc1nccn1C)c1cccc(Br)c1F. The minimum absolute atomic E-state index is 0.0939. The number of nitrogens with one attached hydrogen (secondary N) is 1. The summed E-state index contributed by atoms with van der Waals surface area (Å²) in [5.74, 6) is 0.708. The molecule has 0 spiro atoms. The Hall–Kier alpha value is -1.20. The highest BCUT2D eigenvalue weighted by Gasteiger charge is 2.17. The molecule has 0 saturated carbocycles. The summed E-state index contributed by atoms with van der Waals surface area (Å²) in [5.41, 5.74) is 0.648. The third kappa shape index (κ3) is 2.62. The highest BCUT2D eigenvalue weighted by Crippen LogP contribution is 2.25. The smallest absolute Gasteiger partial charge is 0.142 e. The van der Waals surface area contributed by atoms with E-state index in [1.165, 1.54) is 0 Å². The summed E-state index contributed by atoms with van der Waals surface area (Å²) in [5, 5.41) is 3.14. The van der Waals surface area contributed by atoms with Crippen molar-refractivity contribution in [3.8, 4) is 0 Å². The van der Waals surface area contributed by atoms with Crippen LogP contribution in [0.25, 0.3) is 0 Å². The predicted octanol–water partition coefficient (Wildman–Crippen LogP) is 2.82. The van der Waals surface area contributed by atoms with Gasteiger partial charge < -0.3 is 9.88 Å². The van der Waals surface area contributed by atoms with Crippen LogP contribution in [-0.4, -0.2) is 16.6 Å². The zero-order chi connectivity index (χ0) is 13.1. The summed E-state index contributed by atoms with van der Waals surface area (Å²) in [4.78, 5) is 4.27. The van der Waals surface area contributed by atoms with Gasteiger partial charge in [-0.2, -0.15) is 0 Å². The molecule has 2 rings (SSSR count). The van der Waals surface area contributed by atoms with Gasteiger partial charge in [-0.15, -0.1) is 0 Å². The molecule has 96 valence electrons. The van der Waals surface area contributed by atoms with Crippen LogP contribution in [0.1, 0.15) is 17.4 Å². The lowest BCUT2D eigenvalue weighted by Crippen LogP contribution is -2.21. The summed E-state index contributed by atoms with van der Waals surface area (Å²) in [6, 6.07) is 5.24. The topological polar surface area (TPSA) is 29.9 Å². The Morgan fingerprint density at radius 3 is 2.89 bits per heavy atom. The molecular formula is C13H15BrFN3. The van der Waals surface area contributed by atoms with E-state index in [0.29, 0.717) is 16.5 Å². The number of aryl methyl sites for hydroxylation is 1. The fraction of sp³-hybridized carbons (Fsp3) is 0.308. The Balaban J connectivity index is 2.29. The lowest BCUT2D eigenvalue weighted by atomic mass is 10.0. The Morgan fingerprint density at radius 2 is 2.28 bits per heavy atom. The van der Waals surface area contributed by atoms with Crippen LogP contribution in [0.2, 0.25) is 0 Å². The van der Waals surface area contributed by atoms with Gasteiger partial charge in [0.2, 0.25) is 0 Å². The monoisotopic (exact) mass is 311 g/mol. The second kappa shape index (κ2) is 5.63. The van der Waals surface area contributed by atoms with E-state index in [1.807, 2.05) is 30.9 Å². The average Bonchev–Trinajstić information content (AvgIpc) is 2.76. The van der Waals surface area contributed by atoms with E-state index in [1.54, 1.807) is 18.3 Å². The molecule has 18 heavy (non-hydrogen) atoms. The molecule has 0 aliphatic carbocycles. The molecule has 5 heteroatoms. The molecule has 0 radical (unpaired) electrons. The molecule has 0 aliphatic rings. The van der Waals surface area contributed by atoms with Crippen molar-refractivity contribution >= 4 is 15.9 Å². The molecule has 3 nitrogen and oxygen atoms in total. The molecule has 0 saturated heterocycles. The van der Waals surface area contributed by atoms with Gasteiger partial charge in [0.05, 0.1) is 4.47 Å². The maximum absolute atomic E-state index is 14.1. The number of benzene rings is 1. The van der Waals surface area contributed by atoms with E-state index in [-0.39, 0.29) is 11.9 Å². The fourth-order valence-electron chi connectivity index (χ4n) is 1.93. The van der Waals surface area contributed by atoms with Gasteiger partial charge in [-0.05, 0) is 29.0 Å². The van der Waals surface area contributed by atoms with Crippen molar-refractivity contribution in [3.63, 3.8) is 0 Å². The van der Waals surface area contributed by atoms with Gasteiger partial charge in [0.15, 0.2) is 0 Å². The number of hydrogen-bond acceptors (Lipinski definition) is 2. The summed E-state index contributed by atoms with van der Waals surface area (Å²) in [7, 11) is 3.76. The molecule has 2 aromatic rings. The molecule has 0 fully saturated rings. The Morgan fingerprint density at radius 1 is 1.50 bits per heavy atom. The van der Waals surface area contributed by atoms with E-state index in [9.17, 15) is 4.39 Å². The zero-order valence-electron chi connectivity index (χ0n) is 10.3. The molecule has 1 aromatic carbocycles. The second-order valence-electron chi connectivity index (χ2n) is 4.14. The summed E-state index contributed by atoms with van der Waals surface area (Å²) in [6.45, 7) is 0. The maximum Gasteiger partial charge on any atom is 0.142 e. The molecule has 0 bridgehead atoms. The molecule has 1 unspecified atom stereocenters. The van der Waals surface area contributed by atoms with E-state index < -0.39 is 0 Å². The van der Waals surface area contributed by atoms with Crippen molar-refractivity contribution in [3.05, 3.63) is 52.3 Å². The first kappa shape index (κ1) is 13.2. The molecular weight excluding hydrogens is 297 g/mol. The van der Waals surface area contributed by atoms with Crippen LogP contribution in [0.5, 0.6) is 0 Å². The second-order valence-corrected chi connectivity index (χ2v) is 5.00. The number of halogens is 2. The molecule has 0 amide bonds. The minimum atomic E-state index is -0.217.